The van der Waals surface area contributed by atoms with Crippen LogP contribution in [0.1, 0.15) is 29.4 Å². The number of carboxylic acid groups (broad SMARTS) is 1. The van der Waals surface area contributed by atoms with Crippen LogP contribution in [0.2, 0.25) is 0 Å². The van der Waals surface area contributed by atoms with E-state index in [0.717, 1.165) is 32.5 Å². The van der Waals surface area contributed by atoms with Crippen LogP contribution in [-0.4, -0.2) is 59.7 Å². The zero-order valence-corrected chi connectivity index (χ0v) is 24.6. The summed E-state index contributed by atoms with van der Waals surface area (Å²) in [5.41, 5.74) is 1.87. The molecule has 1 aliphatic rings. The zero-order chi connectivity index (χ0) is 29.8. The van der Waals surface area contributed by atoms with E-state index >= 15 is 0 Å². The second kappa shape index (κ2) is 12.7. The summed E-state index contributed by atoms with van der Waals surface area (Å²) >= 11 is 1.54. The van der Waals surface area contributed by atoms with Crippen LogP contribution in [0, 0.1) is 0 Å². The fraction of sp³-hybridized carbons (Fsp3) is 0.281. The molecule has 0 aliphatic carbocycles. The van der Waals surface area contributed by atoms with Gasteiger partial charge in [-0.1, -0.05) is 47.6 Å². The van der Waals surface area contributed by atoms with Crippen LogP contribution in [0.5, 0.6) is 17.2 Å². The molecule has 11 heteroatoms. The van der Waals surface area contributed by atoms with Gasteiger partial charge >= 0.3 is 6.09 Å². The molecule has 1 fully saturated rings. The van der Waals surface area contributed by atoms with Crippen molar-refractivity contribution in [2.24, 2.45) is 0 Å². The molecule has 10 nitrogen and oxygen atoms in total. The molecule has 1 aliphatic heterocycles. The van der Waals surface area contributed by atoms with Crippen molar-refractivity contribution < 1.29 is 33.4 Å². The van der Waals surface area contributed by atoms with Crippen LogP contribution in [-0.2, 0) is 18.0 Å². The van der Waals surface area contributed by atoms with Crippen LogP contribution in [0.15, 0.2) is 76.6 Å². The van der Waals surface area contributed by atoms with E-state index in [-0.39, 0.29) is 31.8 Å². The Labute approximate surface area is 252 Å². The number of ether oxygens (including phenoxy) is 4. The van der Waals surface area contributed by atoms with E-state index in [4.69, 9.17) is 23.5 Å². The second-order valence-corrected chi connectivity index (χ2v) is 11.1. The highest BCUT2D eigenvalue weighted by Crippen LogP contribution is 2.38. The van der Waals surface area contributed by atoms with Gasteiger partial charge in [0.05, 0.1) is 38.4 Å². The van der Waals surface area contributed by atoms with Gasteiger partial charge < -0.3 is 33.5 Å². The highest BCUT2D eigenvalue weighted by Gasteiger charge is 2.33. The number of rotatable bonds is 10. The van der Waals surface area contributed by atoms with E-state index in [9.17, 15) is 9.90 Å². The summed E-state index contributed by atoms with van der Waals surface area (Å²) in [4.78, 5) is 18.6. The number of amides is 1. The maximum Gasteiger partial charge on any atom is 0.407 e. The van der Waals surface area contributed by atoms with Crippen molar-refractivity contribution in [1.29, 1.82) is 0 Å². The lowest BCUT2D eigenvalue weighted by Gasteiger charge is -2.37. The van der Waals surface area contributed by atoms with Gasteiger partial charge in [-0.05, 0) is 41.6 Å². The van der Waals surface area contributed by atoms with E-state index in [0.29, 0.717) is 36.2 Å². The number of thiophene rings is 1. The van der Waals surface area contributed by atoms with Gasteiger partial charge in [0.15, 0.2) is 6.61 Å². The molecule has 1 amide bonds. The van der Waals surface area contributed by atoms with E-state index in [1.165, 1.54) is 4.90 Å². The number of aromatic nitrogens is 2. The van der Waals surface area contributed by atoms with Crippen molar-refractivity contribution in [3.05, 3.63) is 89.1 Å². The molecule has 2 aromatic heterocycles. The average molecular weight is 602 g/mol. The second-order valence-electron chi connectivity index (χ2n) is 10.1. The van der Waals surface area contributed by atoms with Crippen LogP contribution in [0.25, 0.3) is 21.5 Å². The van der Waals surface area contributed by atoms with Crippen molar-refractivity contribution in [2.45, 2.75) is 31.7 Å². The molecule has 2 unspecified atom stereocenters. The summed E-state index contributed by atoms with van der Waals surface area (Å²) in [7, 11) is 3.27. The first kappa shape index (κ1) is 28.5. The molecule has 2 atom stereocenters. The van der Waals surface area contributed by atoms with E-state index in [1.54, 1.807) is 25.6 Å². The fourth-order valence-corrected chi connectivity index (χ4v) is 6.15. The van der Waals surface area contributed by atoms with Crippen LogP contribution >= 0.6 is 11.3 Å². The SMILES string of the molecule is COc1cc(COC2CN(C(=O)O)CCC2c2ccc(OCc3nc(-c4cccs4)no3)cc2)c(OC)c2ccccc12. The number of benzene rings is 3. The normalized spacial score (nSPS) is 16.7. The Morgan fingerprint density at radius 3 is 2.58 bits per heavy atom. The lowest BCUT2D eigenvalue weighted by Crippen LogP contribution is -2.46. The first-order chi connectivity index (χ1) is 21.0. The predicted molar refractivity (Wildman–Crippen MR) is 161 cm³/mol. The molecule has 0 radical (unpaired) electrons. The van der Waals surface area contributed by atoms with E-state index in [2.05, 4.69) is 10.1 Å². The minimum Gasteiger partial charge on any atom is -0.496 e. The minimum atomic E-state index is -0.955. The highest BCUT2D eigenvalue weighted by atomic mass is 32.1. The summed E-state index contributed by atoms with van der Waals surface area (Å²) in [6.45, 7) is 1.07. The van der Waals surface area contributed by atoms with Gasteiger partial charge in [0.1, 0.15) is 17.2 Å². The first-order valence-electron chi connectivity index (χ1n) is 13.9. The third-order valence-electron chi connectivity index (χ3n) is 7.62. The van der Waals surface area contributed by atoms with Crippen LogP contribution in [0.4, 0.5) is 4.79 Å². The molecule has 5 aromatic rings. The van der Waals surface area contributed by atoms with Crippen molar-refractivity contribution in [1.82, 2.24) is 15.0 Å². The van der Waals surface area contributed by atoms with Crippen LogP contribution < -0.4 is 14.2 Å². The maximum absolute atomic E-state index is 11.9. The zero-order valence-electron chi connectivity index (χ0n) is 23.8. The Bertz CT molecular complexity index is 1690. The largest absolute Gasteiger partial charge is 0.496 e. The molecule has 0 saturated carbocycles. The third-order valence-corrected chi connectivity index (χ3v) is 8.49. The number of carbonyl (C=O) groups is 1. The molecular weight excluding hydrogens is 570 g/mol. The van der Waals surface area contributed by atoms with Gasteiger partial charge in [-0.2, -0.15) is 4.98 Å². The lowest BCUT2D eigenvalue weighted by molar-refractivity contribution is -0.0204. The molecule has 3 heterocycles. The highest BCUT2D eigenvalue weighted by molar-refractivity contribution is 7.13. The number of hydrogen-bond donors (Lipinski definition) is 1. The Kier molecular flexibility index (Phi) is 8.43. The van der Waals surface area contributed by atoms with Crippen LogP contribution in [0.3, 0.4) is 0 Å². The number of piperidine rings is 1. The number of nitrogens with zero attached hydrogens (tertiary/aromatic N) is 3. The molecule has 6 rings (SSSR count). The van der Waals surface area contributed by atoms with Crippen molar-refractivity contribution in [3.8, 4) is 28.0 Å². The maximum atomic E-state index is 11.9. The summed E-state index contributed by atoms with van der Waals surface area (Å²) in [5, 5.41) is 17.6. The summed E-state index contributed by atoms with van der Waals surface area (Å²) in [6, 6.07) is 21.5. The van der Waals surface area contributed by atoms with Crippen molar-refractivity contribution in [3.63, 3.8) is 0 Å². The lowest BCUT2D eigenvalue weighted by atomic mass is 9.87. The Morgan fingerprint density at radius 2 is 1.86 bits per heavy atom. The van der Waals surface area contributed by atoms with Gasteiger partial charge in [0, 0.05) is 28.8 Å². The van der Waals surface area contributed by atoms with E-state index < -0.39 is 6.09 Å². The van der Waals surface area contributed by atoms with Gasteiger partial charge in [-0.25, -0.2) is 4.79 Å². The summed E-state index contributed by atoms with van der Waals surface area (Å²) in [6.07, 6.45) is -0.695. The smallest absolute Gasteiger partial charge is 0.407 e. The average Bonchev–Trinajstić information content (AvgIpc) is 3.75. The van der Waals surface area contributed by atoms with Crippen molar-refractivity contribution >= 4 is 28.2 Å². The number of hydrogen-bond acceptors (Lipinski definition) is 9. The molecule has 0 spiro atoms. The molecule has 3 aromatic carbocycles. The number of methoxy groups -OCH3 is 2. The van der Waals surface area contributed by atoms with Gasteiger partial charge in [0.2, 0.25) is 5.82 Å². The first-order valence-corrected chi connectivity index (χ1v) is 14.7. The minimum absolute atomic E-state index is 0.0118. The third kappa shape index (κ3) is 6.13. The molecule has 1 saturated heterocycles. The Morgan fingerprint density at radius 1 is 1.05 bits per heavy atom. The van der Waals surface area contributed by atoms with Gasteiger partial charge in [-0.3, -0.25) is 0 Å². The topological polar surface area (TPSA) is 116 Å². The Hall–Kier alpha value is -4.61. The summed E-state index contributed by atoms with van der Waals surface area (Å²) < 4.78 is 29.1. The molecule has 222 valence electrons. The molecule has 1 N–H and O–H groups in total. The Balaban J connectivity index is 1.17. The molecular formula is C32H31N3O7S. The monoisotopic (exact) mass is 601 g/mol. The summed E-state index contributed by atoms with van der Waals surface area (Å²) in [5.74, 6) is 3.02. The standard InChI is InChI=1S/C32H31N3O7S/c1-38-26-16-21(30(39-2)25-7-4-3-6-24(25)26)18-41-27-17-35(32(36)37)14-13-23(27)20-9-11-22(12-10-20)40-19-29-33-31(34-42-29)28-8-5-15-43-28/h3-12,15-16,23,27H,13-14,17-19H2,1-2H3,(H,36,37). The fourth-order valence-electron chi connectivity index (χ4n) is 5.50. The predicted octanol–water partition coefficient (Wildman–Crippen LogP) is 6.60. The number of fused-ring (bicyclic) bond motifs is 1. The molecule has 43 heavy (non-hydrogen) atoms. The number of likely N-dealkylation sites (tertiary alicyclic amines) is 1. The van der Waals surface area contributed by atoms with Gasteiger partial charge in [0.25, 0.3) is 5.89 Å². The molecule has 0 bridgehead atoms. The quantitative estimate of drug-likeness (QED) is 0.189. The van der Waals surface area contributed by atoms with Crippen molar-refractivity contribution in [2.75, 3.05) is 27.3 Å². The van der Waals surface area contributed by atoms with E-state index in [1.807, 2.05) is 72.1 Å². The van der Waals surface area contributed by atoms with Gasteiger partial charge in [-0.15, -0.1) is 11.3 Å².